The smallest absolute Gasteiger partial charge is 0.238 e. The van der Waals surface area contributed by atoms with E-state index in [4.69, 9.17) is 9.47 Å². The molecule has 0 aliphatic carbocycles. The van der Waals surface area contributed by atoms with Crippen molar-refractivity contribution in [1.29, 1.82) is 0 Å². The van der Waals surface area contributed by atoms with Crippen LogP contribution in [0.15, 0.2) is 42.5 Å². The number of likely N-dealkylation sites (N-methyl/N-ethyl adjacent to an activating group) is 1. The summed E-state index contributed by atoms with van der Waals surface area (Å²) in [6, 6.07) is 14.0. The van der Waals surface area contributed by atoms with Gasteiger partial charge in [-0.2, -0.15) is 0 Å². The Hall–Kier alpha value is -2.73. The van der Waals surface area contributed by atoms with Gasteiger partial charge in [0, 0.05) is 31.0 Å². The van der Waals surface area contributed by atoms with E-state index in [1.165, 1.54) is 18.5 Å². The first kappa shape index (κ1) is 21.0. The molecule has 6 nitrogen and oxygen atoms in total. The average Bonchev–Trinajstić information content (AvgIpc) is 3.27. The standard InChI is InChI=1S/C23H31N3O3/c1-25(15-12-18-6-11-21(28-2)22(16-18)29-3)17-23(27)24-19-7-9-20(10-8-19)26-13-4-5-14-26/h6-11,16H,4-5,12-15,17H2,1-3H3,(H,24,27). The third kappa shape index (κ3) is 5.87. The molecule has 1 N–H and O–H groups in total. The Morgan fingerprint density at radius 3 is 2.38 bits per heavy atom. The van der Waals surface area contributed by atoms with Crippen molar-refractivity contribution >= 4 is 17.3 Å². The summed E-state index contributed by atoms with van der Waals surface area (Å²) >= 11 is 0. The minimum absolute atomic E-state index is 0.00580. The number of nitrogens with one attached hydrogen (secondary N) is 1. The summed E-state index contributed by atoms with van der Waals surface area (Å²) in [6.07, 6.45) is 3.34. The molecule has 0 unspecified atom stereocenters. The molecule has 2 aromatic rings. The maximum absolute atomic E-state index is 12.4. The maximum Gasteiger partial charge on any atom is 0.238 e. The highest BCUT2D eigenvalue weighted by atomic mass is 16.5. The van der Waals surface area contributed by atoms with E-state index in [9.17, 15) is 4.79 Å². The van der Waals surface area contributed by atoms with E-state index >= 15 is 0 Å². The lowest BCUT2D eigenvalue weighted by Gasteiger charge is -2.19. The Bertz CT molecular complexity index is 802. The number of ether oxygens (including phenoxy) is 2. The van der Waals surface area contributed by atoms with E-state index in [-0.39, 0.29) is 5.91 Å². The van der Waals surface area contributed by atoms with Crippen LogP contribution >= 0.6 is 0 Å². The van der Waals surface area contributed by atoms with Crippen LogP contribution in [0, 0.1) is 0 Å². The number of carbonyl (C=O) groups excluding carboxylic acids is 1. The number of nitrogens with zero attached hydrogens (tertiary/aromatic N) is 2. The molecule has 2 aromatic carbocycles. The van der Waals surface area contributed by atoms with Gasteiger partial charge in [0.15, 0.2) is 11.5 Å². The van der Waals surface area contributed by atoms with Gasteiger partial charge in [0.25, 0.3) is 0 Å². The van der Waals surface area contributed by atoms with E-state index in [1.54, 1.807) is 14.2 Å². The van der Waals surface area contributed by atoms with E-state index in [0.29, 0.717) is 6.54 Å². The van der Waals surface area contributed by atoms with Crippen molar-refractivity contribution in [1.82, 2.24) is 4.90 Å². The summed E-state index contributed by atoms with van der Waals surface area (Å²) < 4.78 is 10.6. The molecule has 1 aliphatic heterocycles. The molecule has 1 amide bonds. The van der Waals surface area contributed by atoms with Gasteiger partial charge in [-0.1, -0.05) is 6.07 Å². The highest BCUT2D eigenvalue weighted by Gasteiger charge is 2.13. The topological polar surface area (TPSA) is 54.0 Å². The summed E-state index contributed by atoms with van der Waals surface area (Å²) in [5.74, 6) is 1.44. The average molecular weight is 398 g/mol. The molecule has 29 heavy (non-hydrogen) atoms. The zero-order valence-electron chi connectivity index (χ0n) is 17.6. The zero-order chi connectivity index (χ0) is 20.6. The summed E-state index contributed by atoms with van der Waals surface area (Å²) in [5, 5.41) is 2.99. The van der Waals surface area contributed by atoms with Crippen molar-refractivity contribution in [2.45, 2.75) is 19.3 Å². The lowest BCUT2D eigenvalue weighted by Crippen LogP contribution is -2.31. The van der Waals surface area contributed by atoms with E-state index in [1.807, 2.05) is 42.3 Å². The van der Waals surface area contributed by atoms with Crippen LogP contribution in [0.4, 0.5) is 11.4 Å². The van der Waals surface area contributed by atoms with Crippen LogP contribution in [0.3, 0.4) is 0 Å². The van der Waals surface area contributed by atoms with Gasteiger partial charge in [0.2, 0.25) is 5.91 Å². The fourth-order valence-electron chi connectivity index (χ4n) is 3.61. The Balaban J connectivity index is 1.45. The first-order chi connectivity index (χ1) is 14.1. The quantitative estimate of drug-likeness (QED) is 0.703. The van der Waals surface area contributed by atoms with Crippen molar-refractivity contribution in [3.8, 4) is 11.5 Å². The van der Waals surface area contributed by atoms with Gasteiger partial charge >= 0.3 is 0 Å². The highest BCUT2D eigenvalue weighted by molar-refractivity contribution is 5.92. The molecule has 1 saturated heterocycles. The summed E-state index contributed by atoms with van der Waals surface area (Å²) in [4.78, 5) is 16.8. The van der Waals surface area contributed by atoms with Gasteiger partial charge in [-0.25, -0.2) is 0 Å². The van der Waals surface area contributed by atoms with Crippen molar-refractivity contribution < 1.29 is 14.3 Å². The number of carbonyl (C=O) groups is 1. The molecular weight excluding hydrogens is 366 g/mol. The van der Waals surface area contributed by atoms with Crippen molar-refractivity contribution in [3.05, 3.63) is 48.0 Å². The fourth-order valence-corrected chi connectivity index (χ4v) is 3.61. The van der Waals surface area contributed by atoms with Crippen molar-refractivity contribution in [2.24, 2.45) is 0 Å². The second kappa shape index (κ2) is 10.2. The summed E-state index contributed by atoms with van der Waals surface area (Å²) in [6.45, 7) is 3.37. The van der Waals surface area contributed by atoms with Crippen LogP contribution in [0.1, 0.15) is 18.4 Å². The Labute approximate surface area is 173 Å². The number of hydrogen-bond donors (Lipinski definition) is 1. The van der Waals surface area contributed by atoms with E-state index in [0.717, 1.165) is 48.8 Å². The zero-order valence-corrected chi connectivity index (χ0v) is 17.6. The molecule has 6 heteroatoms. The molecule has 0 atom stereocenters. The number of benzene rings is 2. The molecule has 1 heterocycles. The normalized spacial score (nSPS) is 13.6. The fraction of sp³-hybridized carbons (Fsp3) is 0.435. The predicted octanol–water partition coefficient (Wildman–Crippen LogP) is 3.42. The van der Waals surface area contributed by atoms with Crippen LogP contribution in [-0.2, 0) is 11.2 Å². The number of hydrogen-bond acceptors (Lipinski definition) is 5. The first-order valence-electron chi connectivity index (χ1n) is 10.1. The second-order valence-electron chi connectivity index (χ2n) is 7.47. The molecule has 1 fully saturated rings. The van der Waals surface area contributed by atoms with Gasteiger partial charge < -0.3 is 19.7 Å². The molecule has 1 aliphatic rings. The summed E-state index contributed by atoms with van der Waals surface area (Å²) in [7, 11) is 5.22. The van der Waals surface area contributed by atoms with Gasteiger partial charge in [-0.05, 0) is 68.3 Å². The van der Waals surface area contributed by atoms with Gasteiger partial charge in [-0.3, -0.25) is 9.69 Å². The van der Waals surface area contributed by atoms with Crippen LogP contribution in [-0.4, -0.2) is 58.3 Å². The number of rotatable bonds is 9. The van der Waals surface area contributed by atoms with Gasteiger partial charge in [0.05, 0.1) is 20.8 Å². The Morgan fingerprint density at radius 1 is 1.03 bits per heavy atom. The van der Waals surface area contributed by atoms with E-state index in [2.05, 4.69) is 22.3 Å². The maximum atomic E-state index is 12.4. The number of methoxy groups -OCH3 is 2. The van der Waals surface area contributed by atoms with Crippen LogP contribution in [0.5, 0.6) is 11.5 Å². The lowest BCUT2D eigenvalue weighted by molar-refractivity contribution is -0.117. The molecule has 3 rings (SSSR count). The van der Waals surface area contributed by atoms with Crippen LogP contribution < -0.4 is 19.7 Å². The minimum atomic E-state index is -0.00580. The van der Waals surface area contributed by atoms with Gasteiger partial charge in [-0.15, -0.1) is 0 Å². The third-order valence-electron chi connectivity index (χ3n) is 5.27. The number of amides is 1. The SMILES string of the molecule is COc1ccc(CCN(C)CC(=O)Nc2ccc(N3CCCC3)cc2)cc1OC. The molecular formula is C23H31N3O3. The molecule has 0 spiro atoms. The second-order valence-corrected chi connectivity index (χ2v) is 7.47. The monoisotopic (exact) mass is 397 g/mol. The van der Waals surface area contributed by atoms with Crippen LogP contribution in [0.25, 0.3) is 0 Å². The predicted molar refractivity (Wildman–Crippen MR) is 117 cm³/mol. The van der Waals surface area contributed by atoms with Gasteiger partial charge in [0.1, 0.15) is 0 Å². The summed E-state index contributed by atoms with van der Waals surface area (Å²) in [5.41, 5.74) is 3.21. The molecule has 0 bridgehead atoms. The van der Waals surface area contributed by atoms with Crippen molar-refractivity contribution in [3.63, 3.8) is 0 Å². The minimum Gasteiger partial charge on any atom is -0.493 e. The Kier molecular flexibility index (Phi) is 7.36. The molecule has 156 valence electrons. The lowest BCUT2D eigenvalue weighted by atomic mass is 10.1. The third-order valence-corrected chi connectivity index (χ3v) is 5.27. The molecule has 0 saturated carbocycles. The molecule has 0 radical (unpaired) electrons. The highest BCUT2D eigenvalue weighted by Crippen LogP contribution is 2.27. The first-order valence-corrected chi connectivity index (χ1v) is 10.1. The number of anilines is 2. The van der Waals surface area contributed by atoms with E-state index < -0.39 is 0 Å². The van der Waals surface area contributed by atoms with Crippen molar-refractivity contribution in [2.75, 3.05) is 57.7 Å². The Morgan fingerprint density at radius 2 is 1.72 bits per heavy atom. The largest absolute Gasteiger partial charge is 0.493 e. The van der Waals surface area contributed by atoms with Crippen LogP contribution in [0.2, 0.25) is 0 Å². The molecule has 0 aromatic heterocycles.